The molecule has 0 aliphatic heterocycles. The smallest absolute Gasteiger partial charge is 0.249 e. The van der Waals surface area contributed by atoms with E-state index in [1.54, 1.807) is 0 Å². The Morgan fingerprint density at radius 2 is 1.75 bits per heavy atom. The molecule has 0 bridgehead atoms. The second-order valence-electron chi connectivity index (χ2n) is 4.33. The van der Waals surface area contributed by atoms with Crippen LogP contribution in [-0.2, 0) is 4.79 Å². The third kappa shape index (κ3) is 3.35. The third-order valence-corrected chi connectivity index (χ3v) is 2.56. The molecule has 1 rings (SSSR count). The minimum atomic E-state index is -0.939. The molecule has 0 aliphatic carbocycles. The number of hydrogen-bond acceptors (Lipinski definition) is 2. The van der Waals surface area contributed by atoms with E-state index in [1.165, 1.54) is 0 Å². The molecule has 0 spiro atoms. The number of benzene rings is 1. The van der Waals surface area contributed by atoms with Gasteiger partial charge in [-0.25, -0.2) is 0 Å². The van der Waals surface area contributed by atoms with Crippen molar-refractivity contribution in [2.75, 3.05) is 0 Å². The van der Waals surface area contributed by atoms with Gasteiger partial charge in [0.05, 0.1) is 6.04 Å². The van der Waals surface area contributed by atoms with E-state index in [-0.39, 0.29) is 17.9 Å². The van der Waals surface area contributed by atoms with Crippen molar-refractivity contribution in [1.82, 2.24) is 5.32 Å². The molecule has 3 nitrogen and oxygen atoms in total. The Morgan fingerprint density at radius 1 is 1.19 bits per heavy atom. The Labute approximate surface area is 96.5 Å². The van der Waals surface area contributed by atoms with Gasteiger partial charge >= 0.3 is 0 Å². The first-order valence-electron chi connectivity index (χ1n) is 5.55. The van der Waals surface area contributed by atoms with Gasteiger partial charge in [-0.1, -0.05) is 44.2 Å². The van der Waals surface area contributed by atoms with Crippen molar-refractivity contribution < 1.29 is 9.90 Å². The van der Waals surface area contributed by atoms with Crippen LogP contribution in [0.25, 0.3) is 0 Å². The zero-order valence-electron chi connectivity index (χ0n) is 9.97. The highest BCUT2D eigenvalue weighted by Gasteiger charge is 2.20. The van der Waals surface area contributed by atoms with Gasteiger partial charge in [0.15, 0.2) is 0 Å². The van der Waals surface area contributed by atoms with E-state index >= 15 is 0 Å². The number of rotatable bonds is 4. The largest absolute Gasteiger partial charge is 0.383 e. The average Bonchev–Trinajstić information content (AvgIpc) is 2.28. The van der Waals surface area contributed by atoms with Crippen LogP contribution in [0.3, 0.4) is 0 Å². The van der Waals surface area contributed by atoms with Gasteiger partial charge < -0.3 is 10.4 Å². The molecule has 2 atom stereocenters. The monoisotopic (exact) mass is 221 g/mol. The van der Waals surface area contributed by atoms with E-state index in [0.29, 0.717) is 0 Å². The van der Waals surface area contributed by atoms with Crippen LogP contribution in [0.5, 0.6) is 0 Å². The molecule has 0 unspecified atom stereocenters. The summed E-state index contributed by atoms with van der Waals surface area (Å²) in [6.45, 7) is 5.54. The van der Waals surface area contributed by atoms with Crippen molar-refractivity contribution in [2.24, 2.45) is 5.92 Å². The first kappa shape index (κ1) is 12.7. The molecule has 88 valence electrons. The van der Waals surface area contributed by atoms with Gasteiger partial charge in [0, 0.05) is 0 Å². The number of carbonyl (C=O) groups is 1. The number of nitrogens with one attached hydrogen (secondary N) is 1. The molecule has 0 saturated heterocycles. The van der Waals surface area contributed by atoms with Crippen molar-refractivity contribution >= 4 is 5.91 Å². The van der Waals surface area contributed by atoms with E-state index in [4.69, 9.17) is 0 Å². The second kappa shape index (κ2) is 5.66. The molecular weight excluding hydrogens is 202 g/mol. The van der Waals surface area contributed by atoms with Crippen LogP contribution < -0.4 is 5.32 Å². The molecule has 0 radical (unpaired) electrons. The highest BCUT2D eigenvalue weighted by atomic mass is 16.3. The third-order valence-electron chi connectivity index (χ3n) is 2.56. The quantitative estimate of drug-likeness (QED) is 0.815. The number of hydrogen-bond donors (Lipinski definition) is 2. The van der Waals surface area contributed by atoms with Crippen LogP contribution in [0.4, 0.5) is 0 Å². The molecule has 1 aromatic carbocycles. The van der Waals surface area contributed by atoms with Crippen LogP contribution in [-0.4, -0.2) is 17.1 Å². The molecular formula is C13H19NO2. The minimum Gasteiger partial charge on any atom is -0.383 e. The lowest BCUT2D eigenvalue weighted by atomic mass is 10.0. The molecule has 2 N–H and O–H groups in total. The maximum Gasteiger partial charge on any atom is 0.249 e. The Balaban J connectivity index is 2.58. The predicted octanol–water partition coefficient (Wildman–Crippen LogP) is 1.88. The highest BCUT2D eigenvalue weighted by Crippen LogP contribution is 2.12. The first-order valence-corrected chi connectivity index (χ1v) is 5.55. The molecule has 1 aromatic rings. The lowest BCUT2D eigenvalue weighted by Crippen LogP contribution is -2.38. The van der Waals surface area contributed by atoms with Gasteiger partial charge in [-0.05, 0) is 18.4 Å². The van der Waals surface area contributed by atoms with Gasteiger partial charge in [0.25, 0.3) is 0 Å². The molecule has 3 heteroatoms. The van der Waals surface area contributed by atoms with E-state index in [9.17, 15) is 9.90 Å². The average molecular weight is 221 g/mol. The van der Waals surface area contributed by atoms with Crippen molar-refractivity contribution in [2.45, 2.75) is 32.9 Å². The number of aliphatic hydroxyl groups is 1. The summed E-state index contributed by atoms with van der Waals surface area (Å²) in [4.78, 5) is 11.6. The van der Waals surface area contributed by atoms with Crippen molar-refractivity contribution in [3.63, 3.8) is 0 Å². The normalized spacial score (nSPS) is 14.6. The van der Waals surface area contributed by atoms with E-state index in [2.05, 4.69) is 5.32 Å². The maximum atomic E-state index is 11.6. The summed E-state index contributed by atoms with van der Waals surface area (Å²) >= 11 is 0. The highest BCUT2D eigenvalue weighted by molar-refractivity contribution is 5.81. The van der Waals surface area contributed by atoms with Crippen molar-refractivity contribution in [3.05, 3.63) is 35.9 Å². The molecule has 16 heavy (non-hydrogen) atoms. The molecule has 0 aliphatic rings. The zero-order valence-corrected chi connectivity index (χ0v) is 9.97. The van der Waals surface area contributed by atoms with Gasteiger partial charge in [-0.2, -0.15) is 0 Å². The number of amides is 1. The zero-order chi connectivity index (χ0) is 12.1. The fraction of sp³-hybridized carbons (Fsp3) is 0.462. The Bertz CT molecular complexity index is 335. The van der Waals surface area contributed by atoms with E-state index < -0.39 is 6.10 Å². The fourth-order valence-electron chi connectivity index (χ4n) is 1.43. The van der Waals surface area contributed by atoms with Crippen LogP contribution in [0.1, 0.15) is 32.4 Å². The van der Waals surface area contributed by atoms with E-state index in [1.807, 2.05) is 51.1 Å². The second-order valence-corrected chi connectivity index (χ2v) is 4.33. The van der Waals surface area contributed by atoms with Crippen molar-refractivity contribution in [1.29, 1.82) is 0 Å². The lowest BCUT2D eigenvalue weighted by molar-refractivity contribution is -0.132. The standard InChI is InChI=1S/C13H19NO2/c1-9(2)12(15)13(16)14-10(3)11-7-5-4-6-8-11/h4-10,12,15H,1-3H3,(H,14,16)/t10-,12+/m1/s1. The number of carbonyl (C=O) groups excluding carboxylic acids is 1. The van der Waals surface area contributed by atoms with Gasteiger partial charge in [-0.3, -0.25) is 4.79 Å². The topological polar surface area (TPSA) is 49.3 Å². The fourth-order valence-corrected chi connectivity index (χ4v) is 1.43. The summed E-state index contributed by atoms with van der Waals surface area (Å²) in [6.07, 6.45) is -0.939. The first-order chi connectivity index (χ1) is 7.52. The van der Waals surface area contributed by atoms with Crippen LogP contribution in [0.15, 0.2) is 30.3 Å². The summed E-state index contributed by atoms with van der Waals surface area (Å²) in [7, 11) is 0. The molecule has 0 saturated carbocycles. The van der Waals surface area contributed by atoms with Crippen LogP contribution in [0.2, 0.25) is 0 Å². The van der Waals surface area contributed by atoms with Crippen LogP contribution >= 0.6 is 0 Å². The number of aliphatic hydroxyl groups excluding tert-OH is 1. The summed E-state index contributed by atoms with van der Waals surface area (Å²) in [5, 5.41) is 12.4. The van der Waals surface area contributed by atoms with Crippen molar-refractivity contribution in [3.8, 4) is 0 Å². The predicted molar refractivity (Wildman–Crippen MR) is 63.8 cm³/mol. The summed E-state index contributed by atoms with van der Waals surface area (Å²) in [5.74, 6) is -0.380. The lowest BCUT2D eigenvalue weighted by Gasteiger charge is -2.19. The SMILES string of the molecule is CC(C)[C@H](O)C(=O)N[C@H](C)c1ccccc1. The van der Waals surface area contributed by atoms with E-state index in [0.717, 1.165) is 5.56 Å². The summed E-state index contributed by atoms with van der Waals surface area (Å²) in [6, 6.07) is 9.61. The molecule has 0 heterocycles. The maximum absolute atomic E-state index is 11.6. The Hall–Kier alpha value is -1.35. The van der Waals surface area contributed by atoms with Gasteiger partial charge in [0.1, 0.15) is 6.10 Å². The molecule has 0 fully saturated rings. The summed E-state index contributed by atoms with van der Waals surface area (Å²) in [5.41, 5.74) is 1.03. The Morgan fingerprint density at radius 3 is 2.25 bits per heavy atom. The molecule has 1 amide bonds. The Kier molecular flexibility index (Phi) is 4.50. The van der Waals surface area contributed by atoms with Gasteiger partial charge in [-0.15, -0.1) is 0 Å². The van der Waals surface area contributed by atoms with Gasteiger partial charge in [0.2, 0.25) is 5.91 Å². The summed E-state index contributed by atoms with van der Waals surface area (Å²) < 4.78 is 0. The molecule has 0 aromatic heterocycles. The van der Waals surface area contributed by atoms with Crippen LogP contribution in [0, 0.1) is 5.92 Å². The minimum absolute atomic E-state index is 0.0667.